The molecule has 0 aromatic heterocycles. The first-order chi connectivity index (χ1) is 6.86. The number of allylic oxidation sites excluding steroid dienone is 8. The minimum absolute atomic E-state index is 0. The van der Waals surface area contributed by atoms with Crippen molar-refractivity contribution < 1.29 is 26.2 Å². The number of hydrogen-bond acceptors (Lipinski definition) is 0. The normalized spacial score (nSPS) is 15.4. The minimum atomic E-state index is 0. The van der Waals surface area contributed by atoms with Gasteiger partial charge in [-0.2, -0.15) is 12.2 Å². The molecule has 0 nitrogen and oxygen atoms in total. The van der Waals surface area contributed by atoms with E-state index in [0.29, 0.717) is 0 Å². The van der Waals surface area contributed by atoms with E-state index >= 15 is 0 Å². The Hall–Kier alpha value is 0.133. The van der Waals surface area contributed by atoms with E-state index in [2.05, 4.69) is 50.3 Å². The molecule has 86 valence electrons. The van der Waals surface area contributed by atoms with E-state index in [9.17, 15) is 0 Å². The number of halogens is 1. The number of rotatable bonds is 2. The predicted molar refractivity (Wildman–Crippen MR) is 68.9 cm³/mol. The van der Waals surface area contributed by atoms with Crippen LogP contribution in [0.15, 0.2) is 35.5 Å². The third kappa shape index (κ3) is 7.41. The molecule has 0 spiro atoms. The van der Waals surface area contributed by atoms with Crippen molar-refractivity contribution in [2.45, 2.75) is 39.5 Å². The Morgan fingerprint density at radius 1 is 0.938 bits per heavy atom. The molecule has 2 rings (SSSR count). The van der Waals surface area contributed by atoms with Gasteiger partial charge in [0.1, 0.15) is 0 Å². The van der Waals surface area contributed by atoms with E-state index in [-0.39, 0.29) is 38.6 Å². The Balaban J connectivity index is 0. The Morgan fingerprint density at radius 2 is 1.31 bits per heavy atom. The molecule has 0 saturated carbocycles. The fourth-order valence-corrected chi connectivity index (χ4v) is 1.39. The number of hydrogen-bond donors (Lipinski definition) is 0. The summed E-state index contributed by atoms with van der Waals surface area (Å²) in [7, 11) is 0. The van der Waals surface area contributed by atoms with Crippen LogP contribution < -0.4 is 0 Å². The summed E-state index contributed by atoms with van der Waals surface area (Å²) in [5, 5.41) is 0. The monoisotopic (exact) mass is 312 g/mol. The summed E-state index contributed by atoms with van der Waals surface area (Å²) in [6.45, 7) is 4.30. The summed E-state index contributed by atoms with van der Waals surface area (Å²) >= 11 is 0. The Bertz CT molecular complexity index is 255. The fraction of sp³-hybridized carbons (Fsp3) is 0.429. The molecule has 0 aromatic carbocycles. The van der Waals surface area contributed by atoms with Gasteiger partial charge in [-0.05, 0) is 0 Å². The molecule has 0 radical (unpaired) electrons. The summed E-state index contributed by atoms with van der Waals surface area (Å²) < 4.78 is 0. The van der Waals surface area contributed by atoms with Crippen LogP contribution in [-0.4, -0.2) is 0 Å². The molecule has 0 bridgehead atoms. The van der Waals surface area contributed by atoms with Gasteiger partial charge in [-0.15, -0.1) is 25.2 Å². The predicted octanol–water partition coefficient (Wildman–Crippen LogP) is 4.59. The quantitative estimate of drug-likeness (QED) is 0.654. The van der Waals surface area contributed by atoms with Gasteiger partial charge in [0.05, 0.1) is 0 Å². The van der Waals surface area contributed by atoms with E-state index in [1.54, 1.807) is 0 Å². The average molecular weight is 314 g/mol. The van der Waals surface area contributed by atoms with E-state index in [4.69, 9.17) is 0 Å². The van der Waals surface area contributed by atoms with Gasteiger partial charge >= 0.3 is 26.2 Å². The van der Waals surface area contributed by atoms with Crippen LogP contribution in [0, 0.1) is 12.2 Å². The standard InChI is InChI=1S/2C7H9.ClH.Zr/c2*1-2-7-5-3-4-6-7;;/h2*3,5H,2,4H2,1H3;1H;/q2*-1;;+2. The summed E-state index contributed by atoms with van der Waals surface area (Å²) in [6, 6.07) is 0. The SMILES string of the molecule is CCC1=[C-]CC=C1.CCC1=[C-]CC=C1.Cl.[Zr+2]. The molecule has 0 N–H and O–H groups in total. The molecule has 0 heterocycles. The molecule has 0 saturated heterocycles. The van der Waals surface area contributed by atoms with Crippen molar-refractivity contribution in [2.75, 3.05) is 0 Å². The zero-order valence-corrected chi connectivity index (χ0v) is 13.3. The first kappa shape index (κ1) is 18.5. The molecule has 0 amide bonds. The molecule has 2 aliphatic carbocycles. The first-order valence-corrected chi connectivity index (χ1v) is 5.39. The van der Waals surface area contributed by atoms with Crippen molar-refractivity contribution >= 4 is 12.4 Å². The van der Waals surface area contributed by atoms with Crippen LogP contribution in [0.4, 0.5) is 0 Å². The van der Waals surface area contributed by atoms with E-state index in [1.165, 1.54) is 11.1 Å². The van der Waals surface area contributed by atoms with Crippen LogP contribution >= 0.6 is 12.4 Å². The van der Waals surface area contributed by atoms with Gasteiger partial charge in [0.25, 0.3) is 0 Å². The average Bonchev–Trinajstić information content (AvgIpc) is 2.92. The summed E-state index contributed by atoms with van der Waals surface area (Å²) in [4.78, 5) is 0. The van der Waals surface area contributed by atoms with Crippen molar-refractivity contribution in [1.29, 1.82) is 0 Å². The van der Waals surface area contributed by atoms with Gasteiger partial charge in [0.2, 0.25) is 0 Å². The zero-order chi connectivity index (χ0) is 10.2. The van der Waals surface area contributed by atoms with Gasteiger partial charge in [-0.25, -0.2) is 23.3 Å². The maximum Gasteiger partial charge on any atom is 2.00 e. The van der Waals surface area contributed by atoms with Crippen LogP contribution in [0.25, 0.3) is 0 Å². The van der Waals surface area contributed by atoms with Gasteiger partial charge in [0, 0.05) is 0 Å². The molecule has 0 unspecified atom stereocenters. The van der Waals surface area contributed by atoms with Crippen LogP contribution in [0.1, 0.15) is 39.5 Å². The van der Waals surface area contributed by atoms with Crippen LogP contribution in [0.5, 0.6) is 0 Å². The first-order valence-electron chi connectivity index (χ1n) is 5.39. The smallest absolute Gasteiger partial charge is 0.270 e. The zero-order valence-electron chi connectivity index (χ0n) is 10.0. The molecule has 0 fully saturated rings. The Kier molecular flexibility index (Phi) is 13.4. The topological polar surface area (TPSA) is 0 Å². The molecular weight excluding hydrogens is 295 g/mol. The maximum atomic E-state index is 3.21. The van der Waals surface area contributed by atoms with E-state index < -0.39 is 0 Å². The van der Waals surface area contributed by atoms with Gasteiger partial charge in [0.15, 0.2) is 0 Å². The molecule has 2 aliphatic rings. The second-order valence-corrected chi connectivity index (χ2v) is 3.32. The molecule has 0 aromatic rings. The summed E-state index contributed by atoms with van der Waals surface area (Å²) in [5.41, 5.74) is 2.72. The van der Waals surface area contributed by atoms with E-state index in [1.807, 2.05) is 0 Å². The van der Waals surface area contributed by atoms with Crippen molar-refractivity contribution in [3.05, 3.63) is 47.6 Å². The summed E-state index contributed by atoms with van der Waals surface area (Å²) in [5.74, 6) is 0. The van der Waals surface area contributed by atoms with Crippen LogP contribution in [0.3, 0.4) is 0 Å². The Morgan fingerprint density at radius 3 is 1.44 bits per heavy atom. The van der Waals surface area contributed by atoms with Gasteiger partial charge in [-0.1, -0.05) is 26.7 Å². The third-order valence-electron chi connectivity index (χ3n) is 2.29. The molecular formula is C14H19ClZr. The molecule has 0 aliphatic heterocycles. The Labute approximate surface area is 125 Å². The van der Waals surface area contributed by atoms with Gasteiger partial charge < -0.3 is 0 Å². The fourth-order valence-electron chi connectivity index (χ4n) is 1.39. The maximum absolute atomic E-state index is 3.21. The van der Waals surface area contributed by atoms with Crippen molar-refractivity contribution in [1.82, 2.24) is 0 Å². The molecule has 0 atom stereocenters. The molecule has 2 heteroatoms. The largest absolute Gasteiger partial charge is 2.00 e. The third-order valence-corrected chi connectivity index (χ3v) is 2.29. The second kappa shape index (κ2) is 11.6. The van der Waals surface area contributed by atoms with Crippen molar-refractivity contribution in [3.8, 4) is 0 Å². The minimum Gasteiger partial charge on any atom is -0.270 e. The van der Waals surface area contributed by atoms with E-state index in [0.717, 1.165) is 25.7 Å². The van der Waals surface area contributed by atoms with Crippen LogP contribution in [-0.2, 0) is 26.2 Å². The molecule has 16 heavy (non-hydrogen) atoms. The van der Waals surface area contributed by atoms with Crippen molar-refractivity contribution in [3.63, 3.8) is 0 Å². The van der Waals surface area contributed by atoms with Gasteiger partial charge in [-0.3, -0.25) is 12.2 Å². The van der Waals surface area contributed by atoms with Crippen molar-refractivity contribution in [2.24, 2.45) is 0 Å². The second-order valence-electron chi connectivity index (χ2n) is 3.32. The summed E-state index contributed by atoms with van der Waals surface area (Å²) in [6.07, 6.45) is 19.3. The van der Waals surface area contributed by atoms with Crippen LogP contribution in [0.2, 0.25) is 0 Å².